The lowest BCUT2D eigenvalue weighted by Gasteiger charge is -2.32. The first-order chi connectivity index (χ1) is 13.4. The van der Waals surface area contributed by atoms with E-state index in [1.54, 1.807) is 18.2 Å². The zero-order valence-corrected chi connectivity index (χ0v) is 17.9. The molecule has 7 heteroatoms. The number of piperidine rings is 1. The van der Waals surface area contributed by atoms with E-state index >= 15 is 0 Å². The molecular formula is C21H29FN4OS. The minimum Gasteiger partial charge on any atom is -0.342 e. The molecule has 1 atom stereocenters. The maximum atomic E-state index is 14.3. The standard InChI is InChI=1S/C21H29FN4OS/c1-14(2)13-26-19(17-7-5-6-8-18(17)22)23-24-21(26)28-16(4)20(27)25-11-9-15(3)10-12-25/h5-8,14-16H,9-13H2,1-4H3. The molecule has 1 aromatic heterocycles. The van der Waals surface area contributed by atoms with Crippen molar-refractivity contribution in [2.75, 3.05) is 13.1 Å². The zero-order valence-electron chi connectivity index (χ0n) is 17.1. The third-order valence-corrected chi connectivity index (χ3v) is 6.17. The van der Waals surface area contributed by atoms with Crippen LogP contribution < -0.4 is 0 Å². The Morgan fingerprint density at radius 3 is 2.54 bits per heavy atom. The highest BCUT2D eigenvalue weighted by Gasteiger charge is 2.27. The summed E-state index contributed by atoms with van der Waals surface area (Å²) in [5.41, 5.74) is 0.437. The number of hydrogen-bond donors (Lipinski definition) is 0. The van der Waals surface area contributed by atoms with Crippen molar-refractivity contribution < 1.29 is 9.18 Å². The van der Waals surface area contributed by atoms with Crippen LogP contribution in [0.15, 0.2) is 29.4 Å². The van der Waals surface area contributed by atoms with Crippen LogP contribution in [-0.2, 0) is 11.3 Å². The van der Waals surface area contributed by atoms with Crippen LogP contribution in [0.3, 0.4) is 0 Å². The molecule has 0 aliphatic carbocycles. The molecule has 2 aromatic rings. The van der Waals surface area contributed by atoms with Gasteiger partial charge in [0.05, 0.1) is 10.8 Å². The van der Waals surface area contributed by atoms with Crippen LogP contribution in [0.2, 0.25) is 0 Å². The number of halogens is 1. The second kappa shape index (κ2) is 9.07. The molecule has 1 amide bonds. The van der Waals surface area contributed by atoms with E-state index in [-0.39, 0.29) is 17.0 Å². The van der Waals surface area contributed by atoms with Crippen LogP contribution in [0.1, 0.15) is 40.5 Å². The van der Waals surface area contributed by atoms with Crippen molar-refractivity contribution in [3.63, 3.8) is 0 Å². The molecule has 0 bridgehead atoms. The summed E-state index contributed by atoms with van der Waals surface area (Å²) in [6.07, 6.45) is 2.12. The molecular weight excluding hydrogens is 375 g/mol. The number of thioether (sulfide) groups is 1. The maximum absolute atomic E-state index is 14.3. The molecule has 152 valence electrons. The second-order valence-corrected chi connectivity index (χ2v) is 9.37. The van der Waals surface area contributed by atoms with Crippen LogP contribution in [0.4, 0.5) is 4.39 Å². The number of rotatable bonds is 6. The quantitative estimate of drug-likeness (QED) is 0.666. The minimum atomic E-state index is -0.317. The summed E-state index contributed by atoms with van der Waals surface area (Å²) < 4.78 is 16.3. The van der Waals surface area contributed by atoms with Crippen LogP contribution >= 0.6 is 11.8 Å². The number of benzene rings is 1. The molecule has 0 spiro atoms. The lowest BCUT2D eigenvalue weighted by atomic mass is 9.99. The van der Waals surface area contributed by atoms with E-state index < -0.39 is 0 Å². The number of amides is 1. The van der Waals surface area contributed by atoms with E-state index in [4.69, 9.17) is 0 Å². The molecule has 28 heavy (non-hydrogen) atoms. The van der Waals surface area contributed by atoms with Crippen LogP contribution in [0, 0.1) is 17.7 Å². The van der Waals surface area contributed by atoms with Gasteiger partial charge in [-0.2, -0.15) is 0 Å². The van der Waals surface area contributed by atoms with Gasteiger partial charge in [-0.15, -0.1) is 10.2 Å². The summed E-state index contributed by atoms with van der Waals surface area (Å²) in [5.74, 6) is 1.37. The van der Waals surface area contributed by atoms with Gasteiger partial charge in [0.15, 0.2) is 11.0 Å². The normalized spacial score (nSPS) is 16.6. The first-order valence-electron chi connectivity index (χ1n) is 10.00. The van der Waals surface area contributed by atoms with Gasteiger partial charge >= 0.3 is 0 Å². The van der Waals surface area contributed by atoms with Gasteiger partial charge in [-0.3, -0.25) is 4.79 Å². The SMILES string of the molecule is CC(C)Cn1c(SC(C)C(=O)N2CCC(C)CC2)nnc1-c1ccccc1F. The minimum absolute atomic E-state index is 0.142. The van der Waals surface area contributed by atoms with Crippen molar-refractivity contribution in [2.24, 2.45) is 11.8 Å². The van der Waals surface area contributed by atoms with Gasteiger partial charge in [-0.05, 0) is 43.7 Å². The van der Waals surface area contributed by atoms with Gasteiger partial charge in [0.2, 0.25) is 5.91 Å². The van der Waals surface area contributed by atoms with Crippen LogP contribution in [-0.4, -0.2) is 43.9 Å². The van der Waals surface area contributed by atoms with Gasteiger partial charge in [-0.1, -0.05) is 44.7 Å². The summed E-state index contributed by atoms with van der Waals surface area (Å²) in [7, 11) is 0. The highest BCUT2D eigenvalue weighted by atomic mass is 32.2. The van der Waals surface area contributed by atoms with E-state index in [2.05, 4.69) is 31.0 Å². The molecule has 1 aliphatic heterocycles. The molecule has 2 heterocycles. The molecule has 3 rings (SSSR count). The Hall–Kier alpha value is -1.89. The summed E-state index contributed by atoms with van der Waals surface area (Å²) in [6, 6.07) is 6.61. The monoisotopic (exact) mass is 404 g/mol. The van der Waals surface area contributed by atoms with E-state index in [1.807, 2.05) is 16.4 Å². The molecule has 1 fully saturated rings. The average Bonchev–Trinajstić information content (AvgIpc) is 3.03. The fraction of sp³-hybridized carbons (Fsp3) is 0.571. The fourth-order valence-corrected chi connectivity index (χ4v) is 4.38. The van der Waals surface area contributed by atoms with Crippen LogP contribution in [0.25, 0.3) is 11.4 Å². The Morgan fingerprint density at radius 2 is 1.89 bits per heavy atom. The predicted octanol–water partition coefficient (Wildman–Crippen LogP) is 4.48. The Kier molecular flexibility index (Phi) is 6.75. The van der Waals surface area contributed by atoms with Gasteiger partial charge in [-0.25, -0.2) is 4.39 Å². The van der Waals surface area contributed by atoms with E-state index in [0.29, 0.717) is 34.9 Å². The van der Waals surface area contributed by atoms with E-state index in [9.17, 15) is 9.18 Å². The summed E-state index contributed by atoms with van der Waals surface area (Å²) in [4.78, 5) is 14.8. The Morgan fingerprint density at radius 1 is 1.21 bits per heavy atom. The highest BCUT2D eigenvalue weighted by molar-refractivity contribution is 8.00. The Labute approximate surface area is 170 Å². The molecule has 1 saturated heterocycles. The molecule has 0 N–H and O–H groups in total. The largest absolute Gasteiger partial charge is 0.342 e. The lowest BCUT2D eigenvalue weighted by Crippen LogP contribution is -2.41. The number of nitrogens with zero attached hydrogens (tertiary/aromatic N) is 4. The summed E-state index contributed by atoms with van der Waals surface area (Å²) in [5, 5.41) is 8.98. The second-order valence-electron chi connectivity index (χ2n) is 8.06. The third kappa shape index (κ3) is 4.74. The summed E-state index contributed by atoms with van der Waals surface area (Å²) in [6.45, 7) is 10.7. The fourth-order valence-electron chi connectivity index (χ4n) is 3.44. The molecule has 1 aliphatic rings. The number of carbonyl (C=O) groups is 1. The van der Waals surface area contributed by atoms with Crippen molar-refractivity contribution in [1.82, 2.24) is 19.7 Å². The molecule has 0 saturated carbocycles. The number of aromatic nitrogens is 3. The van der Waals surface area contributed by atoms with Gasteiger partial charge < -0.3 is 9.47 Å². The van der Waals surface area contributed by atoms with Gasteiger partial charge in [0.25, 0.3) is 0 Å². The number of hydrogen-bond acceptors (Lipinski definition) is 4. The first-order valence-corrected chi connectivity index (χ1v) is 10.9. The smallest absolute Gasteiger partial charge is 0.235 e. The zero-order chi connectivity index (χ0) is 20.3. The van der Waals surface area contributed by atoms with Gasteiger partial charge in [0.1, 0.15) is 5.82 Å². The van der Waals surface area contributed by atoms with Crippen molar-refractivity contribution >= 4 is 17.7 Å². The average molecular weight is 405 g/mol. The van der Waals surface area contributed by atoms with Crippen molar-refractivity contribution in [1.29, 1.82) is 0 Å². The highest BCUT2D eigenvalue weighted by Crippen LogP contribution is 2.30. The van der Waals surface area contributed by atoms with Crippen molar-refractivity contribution in [3.8, 4) is 11.4 Å². The number of likely N-dealkylation sites (tertiary alicyclic amines) is 1. The maximum Gasteiger partial charge on any atom is 0.235 e. The van der Waals surface area contributed by atoms with Crippen molar-refractivity contribution in [2.45, 2.75) is 57.5 Å². The molecule has 0 radical (unpaired) electrons. The first kappa shape index (κ1) is 20.8. The predicted molar refractivity (Wildman–Crippen MR) is 111 cm³/mol. The van der Waals surface area contributed by atoms with Crippen molar-refractivity contribution in [3.05, 3.63) is 30.1 Å². The molecule has 5 nitrogen and oxygen atoms in total. The van der Waals surface area contributed by atoms with Crippen LogP contribution in [0.5, 0.6) is 0 Å². The Balaban J connectivity index is 1.81. The topological polar surface area (TPSA) is 51.0 Å². The van der Waals surface area contributed by atoms with E-state index in [1.165, 1.54) is 17.8 Å². The van der Waals surface area contributed by atoms with E-state index in [0.717, 1.165) is 25.9 Å². The lowest BCUT2D eigenvalue weighted by molar-refractivity contribution is -0.131. The number of carbonyl (C=O) groups excluding carboxylic acids is 1. The Bertz CT molecular complexity index is 814. The summed E-state index contributed by atoms with van der Waals surface area (Å²) >= 11 is 1.41. The van der Waals surface area contributed by atoms with Gasteiger partial charge in [0, 0.05) is 19.6 Å². The molecule has 1 unspecified atom stereocenters. The third-order valence-electron chi connectivity index (χ3n) is 5.10. The molecule has 1 aromatic carbocycles.